The zero-order chi connectivity index (χ0) is 19.1. The van der Waals surface area contributed by atoms with Crippen molar-refractivity contribution >= 4 is 12.1 Å². The summed E-state index contributed by atoms with van der Waals surface area (Å²) in [4.78, 5) is 13.0. The number of alkyl halides is 1. The number of halogens is 1. The molecule has 4 aliphatic heterocycles. The zero-order valence-electron chi connectivity index (χ0n) is 15.7. The number of nitrogens with two attached hydrogens (primary N) is 1. The van der Waals surface area contributed by atoms with Crippen LogP contribution >= 0.6 is 0 Å². The predicted molar refractivity (Wildman–Crippen MR) is 98.3 cm³/mol. The number of fused-ring (bicyclic) bond motifs is 1. The largest absolute Gasteiger partial charge is 0.578 e. The van der Waals surface area contributed by atoms with Gasteiger partial charge in [0.25, 0.3) is 0 Å². The summed E-state index contributed by atoms with van der Waals surface area (Å²) in [5.41, 5.74) is 15.0. The van der Waals surface area contributed by atoms with Gasteiger partial charge in [-0.05, 0) is 26.1 Å². The Balaban J connectivity index is 1.45. The normalized spacial score (nSPS) is 45.1. The van der Waals surface area contributed by atoms with E-state index in [2.05, 4.69) is 44.1 Å². The molecule has 0 aromatic carbocycles. The lowest BCUT2D eigenvalue weighted by Crippen LogP contribution is -2.62. The van der Waals surface area contributed by atoms with Gasteiger partial charge in [0.15, 0.2) is 12.4 Å². The highest BCUT2D eigenvalue weighted by molar-refractivity contribution is 5.81. The molecular weight excluding hydrogens is 353 g/mol. The lowest BCUT2D eigenvalue weighted by molar-refractivity contribution is -0.515. The molecule has 0 aromatic heterocycles. The fourth-order valence-corrected chi connectivity index (χ4v) is 4.47. The van der Waals surface area contributed by atoms with Gasteiger partial charge < -0.3 is 37.5 Å². The van der Waals surface area contributed by atoms with Gasteiger partial charge in [0.2, 0.25) is 12.1 Å². The lowest BCUT2D eigenvalue weighted by atomic mass is 9.97. The maximum atomic E-state index is 13.6. The first kappa shape index (κ1) is 19.0. The first-order chi connectivity index (χ1) is 12.9. The molecule has 3 saturated heterocycles. The van der Waals surface area contributed by atoms with Crippen LogP contribution in [0.1, 0.15) is 20.3 Å². The standard InChI is InChI=1S/C16H29FN9O/c1-8-21-9(2)26(23-8)12-3-4-19-6-11(12)22-16(27)13-14(18)24-25-7-10(17)5-20-15(13)25/h7-15,19-21H,3-6,18H2,1-2H3,(H,22,27)/q-1. The van der Waals surface area contributed by atoms with Crippen LogP contribution in [0.25, 0.3) is 10.9 Å². The minimum absolute atomic E-state index is 0.0671. The fourth-order valence-electron chi connectivity index (χ4n) is 4.47. The van der Waals surface area contributed by atoms with Gasteiger partial charge in [-0.1, -0.05) is 13.1 Å². The van der Waals surface area contributed by atoms with Crippen molar-refractivity contribution in [3.63, 3.8) is 0 Å². The van der Waals surface area contributed by atoms with E-state index in [1.165, 1.54) is 10.9 Å². The molecule has 0 aliphatic carbocycles. The van der Waals surface area contributed by atoms with Crippen LogP contribution < -0.4 is 27.0 Å². The van der Waals surface area contributed by atoms with E-state index >= 15 is 0 Å². The molecule has 4 aliphatic rings. The lowest BCUT2D eigenvalue weighted by Gasteiger charge is -2.47. The van der Waals surface area contributed by atoms with Crippen LogP contribution in [0.15, 0.2) is 0 Å². The smallest absolute Gasteiger partial charge is 0.231 e. The number of amides is 1. The van der Waals surface area contributed by atoms with Crippen molar-refractivity contribution in [3.8, 4) is 0 Å². The van der Waals surface area contributed by atoms with Crippen molar-refractivity contribution < 1.29 is 13.9 Å². The first-order valence-corrected chi connectivity index (χ1v) is 9.67. The van der Waals surface area contributed by atoms with E-state index < -0.39 is 24.4 Å². The maximum Gasteiger partial charge on any atom is 0.231 e. The molecular formula is C16H29FN9O-. The zero-order valence-corrected chi connectivity index (χ0v) is 15.7. The highest BCUT2D eigenvalue weighted by atomic mass is 19.1. The van der Waals surface area contributed by atoms with E-state index in [0.717, 1.165) is 13.0 Å². The predicted octanol–water partition coefficient (Wildman–Crippen LogP) is -1.73. The van der Waals surface area contributed by atoms with E-state index in [0.29, 0.717) is 6.54 Å². The Hall–Kier alpha value is -1.37. The fraction of sp³-hybridized carbons (Fsp3) is 0.875. The summed E-state index contributed by atoms with van der Waals surface area (Å²) >= 11 is 0. The average Bonchev–Trinajstić information content (AvgIpc) is 3.12. The number of carbonyl (C=O) groups excluding carboxylic acids is 1. The van der Waals surface area contributed by atoms with E-state index in [4.69, 9.17) is 5.73 Å². The van der Waals surface area contributed by atoms with Crippen LogP contribution in [0, 0.1) is 5.92 Å². The highest BCUT2D eigenvalue weighted by Gasteiger charge is 2.45. The van der Waals surface area contributed by atoms with Crippen molar-refractivity contribution in [3.05, 3.63) is 10.9 Å². The first-order valence-electron chi connectivity index (χ1n) is 9.67. The van der Waals surface area contributed by atoms with Crippen LogP contribution in [0.4, 0.5) is 4.39 Å². The van der Waals surface area contributed by atoms with Crippen LogP contribution in [-0.2, 0) is 4.79 Å². The number of nitrogens with zero attached hydrogens (tertiary/aromatic N) is 4. The van der Waals surface area contributed by atoms with Gasteiger partial charge in [0.05, 0.1) is 6.04 Å². The Labute approximate surface area is 158 Å². The van der Waals surface area contributed by atoms with Crippen LogP contribution in [0.2, 0.25) is 0 Å². The molecule has 8 atom stereocenters. The van der Waals surface area contributed by atoms with Gasteiger partial charge in [0.1, 0.15) is 5.92 Å². The van der Waals surface area contributed by atoms with Crippen molar-refractivity contribution in [2.45, 2.75) is 63.2 Å². The second kappa shape index (κ2) is 7.57. The van der Waals surface area contributed by atoms with Crippen molar-refractivity contribution in [2.24, 2.45) is 11.7 Å². The van der Waals surface area contributed by atoms with Gasteiger partial charge in [-0.3, -0.25) is 14.8 Å². The molecule has 0 radical (unpaired) electrons. The number of hydrogen-bond acceptors (Lipinski definition) is 6. The highest BCUT2D eigenvalue weighted by Crippen LogP contribution is 2.28. The minimum Gasteiger partial charge on any atom is -0.578 e. The Morgan fingerprint density at radius 2 is 2.22 bits per heavy atom. The molecule has 4 heterocycles. The second-order valence-corrected chi connectivity index (χ2v) is 7.72. The third-order valence-corrected chi connectivity index (χ3v) is 5.70. The van der Waals surface area contributed by atoms with Gasteiger partial charge in [-0.2, -0.15) is 0 Å². The van der Waals surface area contributed by atoms with Crippen LogP contribution in [0.3, 0.4) is 0 Å². The van der Waals surface area contributed by atoms with Crippen molar-refractivity contribution in [1.29, 1.82) is 0 Å². The van der Waals surface area contributed by atoms with Crippen LogP contribution in [0.5, 0.6) is 0 Å². The molecule has 152 valence electrons. The Morgan fingerprint density at radius 3 is 2.96 bits per heavy atom. The molecule has 0 bridgehead atoms. The molecule has 1 amide bonds. The monoisotopic (exact) mass is 382 g/mol. The van der Waals surface area contributed by atoms with Gasteiger partial charge in [-0.15, -0.1) is 0 Å². The minimum atomic E-state index is -1.13. The summed E-state index contributed by atoms with van der Waals surface area (Å²) < 4.78 is 15.0. The van der Waals surface area contributed by atoms with Gasteiger partial charge in [0, 0.05) is 25.3 Å². The third-order valence-electron chi connectivity index (χ3n) is 5.70. The van der Waals surface area contributed by atoms with E-state index in [9.17, 15) is 9.18 Å². The molecule has 0 saturated carbocycles. The summed E-state index contributed by atoms with van der Waals surface area (Å²) in [5, 5.41) is 15.0. The Kier molecular flexibility index (Phi) is 5.32. The van der Waals surface area contributed by atoms with Gasteiger partial charge >= 0.3 is 0 Å². The second-order valence-electron chi connectivity index (χ2n) is 7.72. The van der Waals surface area contributed by atoms with Crippen LogP contribution in [-0.4, -0.2) is 84.4 Å². The van der Waals surface area contributed by atoms with Crippen molar-refractivity contribution in [1.82, 2.24) is 26.3 Å². The van der Waals surface area contributed by atoms with E-state index in [1.54, 1.807) is 0 Å². The van der Waals surface area contributed by atoms with E-state index in [1.807, 2.05) is 6.92 Å². The maximum absolute atomic E-state index is 13.6. The quantitative estimate of drug-likeness (QED) is 0.370. The third kappa shape index (κ3) is 3.67. The van der Waals surface area contributed by atoms with Gasteiger partial charge in [-0.25, -0.2) is 4.39 Å². The molecule has 27 heavy (non-hydrogen) atoms. The summed E-state index contributed by atoms with van der Waals surface area (Å²) in [6.45, 7) is 5.81. The molecule has 11 heteroatoms. The number of piperidine rings is 1. The Bertz CT molecular complexity index is 604. The average molecular weight is 382 g/mol. The molecule has 0 aromatic rings. The number of nitrogens with one attached hydrogen (secondary N) is 4. The molecule has 0 spiro atoms. The summed E-state index contributed by atoms with van der Waals surface area (Å²) in [7, 11) is 0. The molecule has 10 nitrogen and oxygen atoms in total. The number of rotatable bonds is 3. The topological polar surface area (TPSA) is 126 Å². The summed E-state index contributed by atoms with van der Waals surface area (Å²) in [6, 6.07) is 0.0155. The summed E-state index contributed by atoms with van der Waals surface area (Å²) in [5.74, 6) is -0.732. The molecule has 6 N–H and O–H groups in total. The SMILES string of the molecule is CC1[N-]N(C2CCNCC2NC(=O)C2C(N)[N-][N+]3=CC(F)CNC23)C(C)N1. The number of hydrogen-bond donors (Lipinski definition) is 5. The van der Waals surface area contributed by atoms with Crippen molar-refractivity contribution in [2.75, 3.05) is 19.6 Å². The molecule has 3 fully saturated rings. The molecule has 4 rings (SSSR count). The molecule has 8 unspecified atom stereocenters. The van der Waals surface area contributed by atoms with E-state index in [-0.39, 0.29) is 36.9 Å². The Morgan fingerprint density at radius 1 is 1.41 bits per heavy atom. The summed E-state index contributed by atoms with van der Waals surface area (Å²) in [6.07, 6.45) is 0.237. The number of carbonyl (C=O) groups is 1.